The third-order valence-corrected chi connectivity index (χ3v) is 2.34. The molecule has 0 bridgehead atoms. The molecular formula is C9H14N4O4. The van der Waals surface area contributed by atoms with Crippen molar-refractivity contribution < 1.29 is 14.8 Å². The monoisotopic (exact) mass is 242 g/mol. The van der Waals surface area contributed by atoms with Crippen LogP contribution in [0.25, 0.3) is 0 Å². The van der Waals surface area contributed by atoms with Crippen LogP contribution in [0.4, 0.5) is 11.5 Å². The van der Waals surface area contributed by atoms with Crippen LogP contribution >= 0.6 is 0 Å². The van der Waals surface area contributed by atoms with E-state index in [9.17, 15) is 14.9 Å². The van der Waals surface area contributed by atoms with Gasteiger partial charge in [0.05, 0.1) is 4.92 Å². The van der Waals surface area contributed by atoms with E-state index < -0.39 is 16.4 Å². The van der Waals surface area contributed by atoms with Crippen LogP contribution in [-0.4, -0.2) is 31.3 Å². The van der Waals surface area contributed by atoms with Crippen molar-refractivity contribution in [3.8, 4) is 0 Å². The van der Waals surface area contributed by atoms with E-state index in [-0.39, 0.29) is 17.2 Å². The van der Waals surface area contributed by atoms with Crippen LogP contribution in [0.3, 0.4) is 0 Å². The molecule has 0 unspecified atom stereocenters. The van der Waals surface area contributed by atoms with Crippen LogP contribution in [-0.2, 0) is 11.8 Å². The molecule has 2 N–H and O–H groups in total. The molecule has 0 amide bonds. The molecule has 1 aromatic heterocycles. The number of nitrogens with one attached hydrogen (secondary N) is 1. The second-order valence-electron chi connectivity index (χ2n) is 4.22. The first kappa shape index (κ1) is 12.9. The van der Waals surface area contributed by atoms with Gasteiger partial charge >= 0.3 is 11.7 Å². The summed E-state index contributed by atoms with van der Waals surface area (Å²) >= 11 is 0. The maximum absolute atomic E-state index is 11.0. The number of aliphatic carboxylic acids is 1. The van der Waals surface area contributed by atoms with E-state index in [0.717, 1.165) is 0 Å². The number of rotatable bonds is 4. The van der Waals surface area contributed by atoms with Crippen LogP contribution in [0.2, 0.25) is 0 Å². The number of hydrogen-bond acceptors (Lipinski definition) is 5. The van der Waals surface area contributed by atoms with Crippen LogP contribution in [0.15, 0.2) is 0 Å². The molecule has 17 heavy (non-hydrogen) atoms. The van der Waals surface area contributed by atoms with Crippen molar-refractivity contribution >= 4 is 17.5 Å². The van der Waals surface area contributed by atoms with Gasteiger partial charge in [-0.25, -0.2) is 9.48 Å². The molecule has 0 radical (unpaired) electrons. The molecule has 8 nitrogen and oxygen atoms in total. The van der Waals surface area contributed by atoms with Gasteiger partial charge in [-0.15, -0.1) is 0 Å². The summed E-state index contributed by atoms with van der Waals surface area (Å²) in [6.45, 7) is 4.33. The highest BCUT2D eigenvalue weighted by Crippen LogP contribution is 2.29. The van der Waals surface area contributed by atoms with Gasteiger partial charge in [0, 0.05) is 7.05 Å². The Labute approximate surface area is 97.4 Å². The molecule has 8 heteroatoms. The highest BCUT2D eigenvalue weighted by molar-refractivity contribution is 5.82. The van der Waals surface area contributed by atoms with Crippen LogP contribution in [0.1, 0.15) is 19.5 Å². The number of anilines is 1. The van der Waals surface area contributed by atoms with Crippen LogP contribution < -0.4 is 5.32 Å². The first-order valence-electron chi connectivity index (χ1n) is 4.86. The molecule has 0 fully saturated rings. The third-order valence-electron chi connectivity index (χ3n) is 2.34. The lowest BCUT2D eigenvalue weighted by molar-refractivity contribution is -0.384. The van der Waals surface area contributed by atoms with Gasteiger partial charge in [0.1, 0.15) is 11.2 Å². The second-order valence-corrected chi connectivity index (χ2v) is 4.22. The van der Waals surface area contributed by atoms with Gasteiger partial charge in [-0.1, -0.05) is 0 Å². The fourth-order valence-electron chi connectivity index (χ4n) is 1.36. The maximum atomic E-state index is 11.0. The van der Waals surface area contributed by atoms with Gasteiger partial charge in [-0.3, -0.25) is 10.1 Å². The van der Waals surface area contributed by atoms with Crippen molar-refractivity contribution in [1.29, 1.82) is 0 Å². The Bertz CT molecular complexity index is 478. The molecule has 0 saturated carbocycles. The molecule has 1 rings (SSSR count). The minimum atomic E-state index is -1.31. The zero-order valence-electron chi connectivity index (χ0n) is 10.0. The molecule has 0 aromatic carbocycles. The minimum absolute atomic E-state index is 0.0832. The average Bonchev–Trinajstić information content (AvgIpc) is 2.40. The summed E-state index contributed by atoms with van der Waals surface area (Å²) in [5.74, 6) is -1.02. The number of carbonyl (C=O) groups is 1. The summed E-state index contributed by atoms with van der Waals surface area (Å²) in [7, 11) is 1.51. The van der Waals surface area contributed by atoms with Crippen molar-refractivity contribution in [2.24, 2.45) is 7.05 Å². The molecule has 0 aliphatic carbocycles. The number of nitrogens with zero attached hydrogens (tertiary/aromatic N) is 3. The predicted molar refractivity (Wildman–Crippen MR) is 59.9 cm³/mol. The Balaban J connectivity index is 3.23. The van der Waals surface area contributed by atoms with E-state index in [0.29, 0.717) is 0 Å². The van der Waals surface area contributed by atoms with Gasteiger partial charge in [0.2, 0.25) is 5.82 Å². The number of carboxylic acid groups (broad SMARTS) is 1. The summed E-state index contributed by atoms with van der Waals surface area (Å²) < 4.78 is 1.26. The highest BCUT2D eigenvalue weighted by Gasteiger charge is 2.33. The molecule has 0 atom stereocenters. The first-order valence-corrected chi connectivity index (χ1v) is 4.86. The van der Waals surface area contributed by atoms with Crippen molar-refractivity contribution in [1.82, 2.24) is 9.78 Å². The number of carboxylic acids is 1. The zero-order chi connectivity index (χ0) is 13.4. The second kappa shape index (κ2) is 4.04. The van der Waals surface area contributed by atoms with E-state index >= 15 is 0 Å². The average molecular weight is 242 g/mol. The lowest BCUT2D eigenvalue weighted by atomic mass is 10.1. The van der Waals surface area contributed by atoms with Crippen molar-refractivity contribution in [3.63, 3.8) is 0 Å². The van der Waals surface area contributed by atoms with Crippen LogP contribution in [0.5, 0.6) is 0 Å². The molecule has 0 spiro atoms. The maximum Gasteiger partial charge on any atom is 0.333 e. The predicted octanol–water partition coefficient (Wildman–Crippen LogP) is 0.912. The fourth-order valence-corrected chi connectivity index (χ4v) is 1.36. The lowest BCUT2D eigenvalue weighted by Crippen LogP contribution is -2.40. The molecule has 0 saturated heterocycles. The van der Waals surface area contributed by atoms with E-state index in [1.807, 2.05) is 0 Å². The van der Waals surface area contributed by atoms with Gasteiger partial charge in [0.25, 0.3) is 0 Å². The van der Waals surface area contributed by atoms with Crippen LogP contribution in [0, 0.1) is 17.0 Å². The van der Waals surface area contributed by atoms with Gasteiger partial charge in [-0.05, 0) is 20.8 Å². The Morgan fingerprint density at radius 3 is 2.53 bits per heavy atom. The SMILES string of the molecule is Cc1nn(C)c(NC(C)(C)C(=O)O)c1[N+](=O)[O-]. The van der Waals surface area contributed by atoms with Crippen molar-refractivity contribution in [3.05, 3.63) is 15.8 Å². The third kappa shape index (κ3) is 2.35. The normalized spacial score (nSPS) is 11.3. The quantitative estimate of drug-likeness (QED) is 0.599. The lowest BCUT2D eigenvalue weighted by Gasteiger charge is -2.21. The molecular weight excluding hydrogens is 228 g/mol. The highest BCUT2D eigenvalue weighted by atomic mass is 16.6. The Morgan fingerprint density at radius 2 is 2.12 bits per heavy atom. The zero-order valence-corrected chi connectivity index (χ0v) is 10.0. The van der Waals surface area contributed by atoms with E-state index in [2.05, 4.69) is 10.4 Å². The number of aryl methyl sites for hydroxylation is 2. The van der Waals surface area contributed by atoms with Gasteiger partial charge < -0.3 is 10.4 Å². The van der Waals surface area contributed by atoms with Gasteiger partial charge in [0.15, 0.2) is 0 Å². The summed E-state index contributed by atoms with van der Waals surface area (Å²) in [5.41, 5.74) is -1.28. The first-order chi connectivity index (χ1) is 7.66. The Morgan fingerprint density at radius 1 is 1.59 bits per heavy atom. The largest absolute Gasteiger partial charge is 0.480 e. The minimum Gasteiger partial charge on any atom is -0.480 e. The smallest absolute Gasteiger partial charge is 0.333 e. The number of nitro groups is 1. The van der Waals surface area contributed by atoms with Crippen molar-refractivity contribution in [2.75, 3.05) is 5.32 Å². The Hall–Kier alpha value is -2.12. The number of hydrogen-bond donors (Lipinski definition) is 2. The molecule has 0 aliphatic heterocycles. The summed E-state index contributed by atoms with van der Waals surface area (Å²) in [6, 6.07) is 0. The van der Waals surface area contributed by atoms with E-state index in [4.69, 9.17) is 5.11 Å². The summed E-state index contributed by atoms with van der Waals surface area (Å²) in [5, 5.41) is 26.4. The summed E-state index contributed by atoms with van der Waals surface area (Å²) in [4.78, 5) is 21.3. The van der Waals surface area contributed by atoms with Gasteiger partial charge in [-0.2, -0.15) is 5.10 Å². The fraction of sp³-hybridized carbons (Fsp3) is 0.556. The standard InChI is InChI=1S/C9H14N4O4/c1-5-6(13(16)17)7(12(4)11-5)10-9(2,3)8(14)15/h10H,1-4H3,(H,14,15). The van der Waals surface area contributed by atoms with E-state index in [1.165, 1.54) is 32.5 Å². The molecule has 1 heterocycles. The Kier molecular flexibility index (Phi) is 3.08. The van der Waals surface area contributed by atoms with E-state index in [1.54, 1.807) is 0 Å². The molecule has 0 aliphatic rings. The van der Waals surface area contributed by atoms with Crippen molar-refractivity contribution in [2.45, 2.75) is 26.3 Å². The topological polar surface area (TPSA) is 110 Å². The summed E-state index contributed by atoms with van der Waals surface area (Å²) in [6.07, 6.45) is 0. The molecule has 94 valence electrons. The molecule has 1 aromatic rings. The number of aromatic nitrogens is 2.